The summed E-state index contributed by atoms with van der Waals surface area (Å²) in [5.41, 5.74) is 0.675. The van der Waals surface area contributed by atoms with Crippen LogP contribution in [0.5, 0.6) is 0 Å². The molecule has 16 nitrogen and oxygen atoms in total. The maximum atomic E-state index is 13.8. The summed E-state index contributed by atoms with van der Waals surface area (Å²) in [6.07, 6.45) is 13.1. The van der Waals surface area contributed by atoms with Gasteiger partial charge in [0.15, 0.2) is 0 Å². The first-order valence-electron chi connectivity index (χ1n) is 36.8. The van der Waals surface area contributed by atoms with E-state index in [4.69, 9.17) is 0 Å². The molecule has 12 rings (SSSR count). The minimum absolute atomic E-state index is 0.00454. The van der Waals surface area contributed by atoms with Crippen LogP contribution in [-0.4, -0.2) is 116 Å². The number of hydrogen-bond acceptors (Lipinski definition) is 11. The van der Waals surface area contributed by atoms with Gasteiger partial charge in [0.2, 0.25) is 33.7 Å². The maximum absolute atomic E-state index is 13.8. The number of aliphatic hydroxyl groups excluding tert-OH is 4. The van der Waals surface area contributed by atoms with Crippen LogP contribution in [0.4, 0.5) is 11.4 Å². The molecule has 22 atom stereocenters. The Morgan fingerprint density at radius 1 is 0.537 bits per heavy atom. The zero-order valence-corrected chi connectivity index (χ0v) is 58.8. The predicted molar refractivity (Wildman–Crippen MR) is 374 cm³/mol. The number of nitrogens with zero attached hydrogens (tertiary/aromatic N) is 1. The van der Waals surface area contributed by atoms with Crippen molar-refractivity contribution in [3.63, 3.8) is 0 Å². The fourth-order valence-electron chi connectivity index (χ4n) is 23.1. The molecule has 0 aromatic heterocycles. The number of hydrogen-bond donors (Lipinski definition) is 9. The number of aliphatic hydroxyl groups is 4. The summed E-state index contributed by atoms with van der Waals surface area (Å²) < 4.78 is 29.9. The second-order valence-electron chi connectivity index (χ2n) is 32.7. The number of anilines is 2. The molecular formula is C78H112N6O10S. The van der Waals surface area contributed by atoms with Crippen molar-refractivity contribution in [2.75, 3.05) is 37.4 Å². The van der Waals surface area contributed by atoms with E-state index in [1.165, 1.54) is 0 Å². The van der Waals surface area contributed by atoms with E-state index >= 15 is 0 Å². The van der Waals surface area contributed by atoms with Gasteiger partial charge in [-0.25, -0.2) is 13.1 Å². The second kappa shape index (κ2) is 27.9. The smallest absolute Gasteiger partial charge is 0.241 e. The molecule has 4 amide bonds. The molecule has 0 bridgehead atoms. The first-order chi connectivity index (χ1) is 45.3. The number of sulfonamides is 1. The lowest BCUT2D eigenvalue weighted by Gasteiger charge is -2.64. The third kappa shape index (κ3) is 13.0. The Bertz CT molecular complexity index is 3560. The Kier molecular flexibility index (Phi) is 20.4. The highest BCUT2D eigenvalue weighted by Crippen LogP contribution is 2.70. The van der Waals surface area contributed by atoms with Crippen LogP contribution >= 0.6 is 0 Å². The van der Waals surface area contributed by atoms with E-state index in [0.29, 0.717) is 69.7 Å². The van der Waals surface area contributed by atoms with Gasteiger partial charge in [-0.2, -0.15) is 0 Å². The van der Waals surface area contributed by atoms with Gasteiger partial charge in [-0.3, -0.25) is 19.2 Å². The van der Waals surface area contributed by atoms with Crippen LogP contribution in [0.2, 0.25) is 0 Å². The summed E-state index contributed by atoms with van der Waals surface area (Å²) in [5, 5.41) is 66.0. The summed E-state index contributed by atoms with van der Waals surface area (Å²) >= 11 is 0. The fraction of sp³-hybridized carbons (Fsp3) is 0.692. The van der Waals surface area contributed by atoms with Crippen LogP contribution in [0.15, 0.2) is 83.8 Å². The van der Waals surface area contributed by atoms with Crippen molar-refractivity contribution in [1.82, 2.24) is 20.7 Å². The monoisotopic (exact) mass is 1320 g/mol. The summed E-state index contributed by atoms with van der Waals surface area (Å²) in [6, 6.07) is 24.8. The van der Waals surface area contributed by atoms with Crippen molar-refractivity contribution < 1.29 is 48.0 Å². The van der Waals surface area contributed by atoms with Crippen molar-refractivity contribution in [2.45, 2.75) is 224 Å². The summed E-state index contributed by atoms with van der Waals surface area (Å²) in [5.74, 6) is 1.46. The number of nitrogens with one attached hydrogen (secondary N) is 5. The van der Waals surface area contributed by atoms with Crippen molar-refractivity contribution in [3.8, 4) is 0 Å². The summed E-state index contributed by atoms with van der Waals surface area (Å²) in [7, 11) is 0.0162. The highest BCUT2D eigenvalue weighted by Gasteiger charge is 2.68. The average molecular weight is 1330 g/mol. The highest BCUT2D eigenvalue weighted by molar-refractivity contribution is 7.89. The van der Waals surface area contributed by atoms with Crippen molar-refractivity contribution in [3.05, 3.63) is 78.9 Å². The number of rotatable bonds is 22. The van der Waals surface area contributed by atoms with Gasteiger partial charge in [-0.05, 0) is 219 Å². The van der Waals surface area contributed by atoms with Gasteiger partial charge < -0.3 is 46.6 Å². The van der Waals surface area contributed by atoms with Gasteiger partial charge in [0.25, 0.3) is 0 Å². The lowest BCUT2D eigenvalue weighted by molar-refractivity contribution is -0.205. The molecule has 9 N–H and O–H groups in total. The molecule has 8 saturated carbocycles. The molecule has 4 aromatic carbocycles. The van der Waals surface area contributed by atoms with Crippen LogP contribution in [0.3, 0.4) is 0 Å². The van der Waals surface area contributed by atoms with Gasteiger partial charge in [-0.1, -0.05) is 115 Å². The molecule has 17 heteroatoms. The van der Waals surface area contributed by atoms with E-state index in [2.05, 4.69) is 79.7 Å². The van der Waals surface area contributed by atoms with Gasteiger partial charge >= 0.3 is 0 Å². The number of benzene rings is 4. The Balaban J connectivity index is 0.575. The van der Waals surface area contributed by atoms with Crippen LogP contribution in [0.25, 0.3) is 21.5 Å². The molecule has 0 saturated heterocycles. The van der Waals surface area contributed by atoms with Crippen molar-refractivity contribution in [2.24, 2.45) is 92.7 Å². The molecular weight excluding hydrogens is 1210 g/mol. The molecule has 0 aliphatic heterocycles. The Hall–Kier alpha value is -5.17. The minimum atomic E-state index is -3.84. The summed E-state index contributed by atoms with van der Waals surface area (Å²) in [4.78, 5) is 56.5. The van der Waals surface area contributed by atoms with E-state index in [0.717, 1.165) is 98.2 Å². The van der Waals surface area contributed by atoms with Crippen molar-refractivity contribution >= 4 is 66.6 Å². The SMILES string of the molecule is C[C@H](CCC(=O)NCCCC(=O)N[C@@H]1CCC[C@@]2(C)[C@@H]1C[C@@H](O)[C@@H]1[C@@H]2C[C@H](O)[C@]2(C)[C@@H]([C@H](C)CCC(=O)Nc3cccc4ccccc34)CC[C@@H]12)[C@H]1CC[C@H]2[C@@H]3[C@H](O)C[C@@H]4[C@H](NC(=O)CCCNS(=O)(=O)c5cccc6c(N(C)C)cccc56)CCC[C@]4(C)[C@H]3C[C@H](O)[C@]12C. The van der Waals surface area contributed by atoms with E-state index < -0.39 is 39.9 Å². The van der Waals surface area contributed by atoms with Crippen LogP contribution < -0.4 is 30.9 Å². The molecule has 4 aromatic rings. The van der Waals surface area contributed by atoms with Crippen LogP contribution in [0.1, 0.15) is 183 Å². The standard InChI is InChI=1S/C78H112N6O10S/c1-46(52-32-34-54-73-58(44-67(87)77(52,54)5)76(4)39-15-25-62(57(76)43-65(73)86)83-71(91)29-17-41-80-95(93,94)66-27-13-21-50-51(66)22-12-26-63(50)84(7)8)30-36-69(89)79-40-16-28-70(90)82-61-24-14-38-75(3)56(61)42-64(85)74-55-35-33-53(78(55,6)68(88)45-59(74)75)47(2)31-37-72(92)81-60-23-11-19-48-18-9-10-20-49(48)60/h9-13,18-23,26-27,46-47,52-59,61-62,64-65,67-68,73-74,80,85-88H,14-17,24-25,28-45H2,1-8H3,(H,79,89)(H,81,92)(H,82,90)(H,83,91)/t46-,47-,52-,53-,54+,55+,56-,57-,58+,59+,61-,62-,64-,65-,67+,68+,73+,74+,75+,76+,77-,78-/m1/s1. The lowest BCUT2D eigenvalue weighted by atomic mass is 9.42. The number of amides is 4. The second-order valence-corrected chi connectivity index (χ2v) is 34.5. The highest BCUT2D eigenvalue weighted by atomic mass is 32.2. The molecule has 0 spiro atoms. The van der Waals surface area contributed by atoms with E-state index in [1.807, 2.05) is 73.6 Å². The van der Waals surface area contributed by atoms with Crippen LogP contribution in [-0.2, 0) is 29.2 Å². The van der Waals surface area contributed by atoms with E-state index in [9.17, 15) is 48.0 Å². The average Bonchev–Trinajstić information content (AvgIpc) is 1.69. The first kappa shape index (κ1) is 69.7. The van der Waals surface area contributed by atoms with Crippen molar-refractivity contribution in [1.29, 1.82) is 0 Å². The van der Waals surface area contributed by atoms with Gasteiger partial charge in [0.05, 0.1) is 29.3 Å². The van der Waals surface area contributed by atoms with Gasteiger partial charge in [-0.15, -0.1) is 0 Å². The third-order valence-corrected chi connectivity index (χ3v) is 29.4. The summed E-state index contributed by atoms with van der Waals surface area (Å²) in [6.45, 7) is 14.2. The predicted octanol–water partition coefficient (Wildman–Crippen LogP) is 11.7. The van der Waals surface area contributed by atoms with Gasteiger partial charge in [0.1, 0.15) is 0 Å². The number of carbonyl (C=O) groups excluding carboxylic acids is 4. The molecule has 8 fully saturated rings. The number of carbonyl (C=O) groups is 4. The molecule has 0 unspecified atom stereocenters. The van der Waals surface area contributed by atoms with Crippen LogP contribution in [0, 0.1) is 92.7 Å². The Morgan fingerprint density at radius 2 is 1.03 bits per heavy atom. The topological polar surface area (TPSA) is 247 Å². The maximum Gasteiger partial charge on any atom is 0.241 e. The van der Waals surface area contributed by atoms with Gasteiger partial charge in [0, 0.05) is 92.5 Å². The molecule has 0 heterocycles. The normalized spacial score (nSPS) is 37.1. The van der Waals surface area contributed by atoms with E-state index in [1.54, 1.807) is 12.1 Å². The van der Waals surface area contributed by atoms with E-state index in [-0.39, 0.29) is 147 Å². The Morgan fingerprint density at radius 3 is 1.60 bits per heavy atom. The largest absolute Gasteiger partial charge is 0.393 e. The lowest BCUT2D eigenvalue weighted by Crippen LogP contribution is -2.64. The fourth-order valence-corrected chi connectivity index (χ4v) is 24.4. The zero-order valence-electron chi connectivity index (χ0n) is 58.0. The first-order valence-corrected chi connectivity index (χ1v) is 38.3. The third-order valence-electron chi connectivity index (χ3n) is 27.9. The molecule has 8 aliphatic rings. The number of fused-ring (bicyclic) bond motifs is 12. The molecule has 8 aliphatic carbocycles. The molecule has 0 radical (unpaired) electrons. The molecule has 520 valence electrons. The molecule has 95 heavy (non-hydrogen) atoms. The Labute approximate surface area is 565 Å². The zero-order chi connectivity index (χ0) is 67.5. The quantitative estimate of drug-likeness (QED) is 0.0335. The minimum Gasteiger partial charge on any atom is -0.393 e.